The number of anilines is 1. The van der Waals surface area contributed by atoms with E-state index in [4.69, 9.17) is 5.73 Å². The van der Waals surface area contributed by atoms with Gasteiger partial charge in [-0.25, -0.2) is 0 Å². The molecule has 1 saturated carbocycles. The molecule has 0 unspecified atom stereocenters. The second-order valence-electron chi connectivity index (χ2n) is 4.17. The molecule has 0 heterocycles. The van der Waals surface area contributed by atoms with Crippen LogP contribution in [0.1, 0.15) is 35.2 Å². The van der Waals surface area contributed by atoms with E-state index in [1.807, 2.05) is 19.1 Å². The zero-order chi connectivity index (χ0) is 10.8. The van der Waals surface area contributed by atoms with E-state index in [1.54, 1.807) is 6.07 Å². The summed E-state index contributed by atoms with van der Waals surface area (Å²) in [4.78, 5) is 11.0. The van der Waals surface area contributed by atoms with Gasteiger partial charge in [-0.3, -0.25) is 4.79 Å². The molecule has 15 heavy (non-hydrogen) atoms. The van der Waals surface area contributed by atoms with Gasteiger partial charge in [-0.05, 0) is 43.9 Å². The molecule has 0 radical (unpaired) electrons. The van der Waals surface area contributed by atoms with Gasteiger partial charge in [0.2, 0.25) is 5.91 Å². The Balaban J connectivity index is 2.19. The van der Waals surface area contributed by atoms with Crippen molar-refractivity contribution in [3.8, 4) is 0 Å². The summed E-state index contributed by atoms with van der Waals surface area (Å²) in [5, 5.41) is 3.43. The number of primary amides is 1. The third-order valence-corrected chi connectivity index (χ3v) is 2.99. The Labute approximate surface area is 89.7 Å². The Bertz CT molecular complexity index is 383. The number of aryl methyl sites for hydroxylation is 1. The van der Waals surface area contributed by atoms with Crippen molar-refractivity contribution < 1.29 is 4.79 Å². The van der Waals surface area contributed by atoms with Gasteiger partial charge in [-0.2, -0.15) is 0 Å². The van der Waals surface area contributed by atoms with Crippen molar-refractivity contribution in [2.24, 2.45) is 5.73 Å². The van der Waals surface area contributed by atoms with Crippen LogP contribution in [0.2, 0.25) is 0 Å². The molecule has 2 rings (SSSR count). The normalized spacial score (nSPS) is 15.8. The largest absolute Gasteiger partial charge is 0.382 e. The molecule has 0 bridgehead atoms. The Kier molecular flexibility index (Phi) is 2.62. The Morgan fingerprint density at radius 3 is 2.73 bits per heavy atom. The first-order valence-corrected chi connectivity index (χ1v) is 5.34. The standard InChI is InChI=1S/C12H16N2O/c1-8-5-6-9(12(13)15)7-11(8)14-10-3-2-4-10/h5-7,10,14H,2-4H2,1H3,(H2,13,15). The average molecular weight is 204 g/mol. The van der Waals surface area contributed by atoms with Gasteiger partial charge < -0.3 is 11.1 Å². The first kappa shape index (κ1) is 10.0. The molecule has 0 atom stereocenters. The number of hydrogen-bond donors (Lipinski definition) is 2. The molecule has 0 saturated heterocycles. The van der Waals surface area contributed by atoms with Gasteiger partial charge in [0.25, 0.3) is 0 Å². The SMILES string of the molecule is Cc1ccc(C(N)=O)cc1NC1CCC1. The number of amides is 1. The van der Waals surface area contributed by atoms with Crippen LogP contribution in [0.25, 0.3) is 0 Å². The lowest BCUT2D eigenvalue weighted by atomic mass is 9.92. The first-order valence-electron chi connectivity index (χ1n) is 5.34. The molecule has 1 aliphatic carbocycles. The van der Waals surface area contributed by atoms with Crippen molar-refractivity contribution in [1.29, 1.82) is 0 Å². The lowest BCUT2D eigenvalue weighted by molar-refractivity contribution is 0.100. The fourth-order valence-corrected chi connectivity index (χ4v) is 1.70. The number of carbonyl (C=O) groups is 1. The van der Waals surface area contributed by atoms with Crippen molar-refractivity contribution in [2.45, 2.75) is 32.2 Å². The summed E-state index contributed by atoms with van der Waals surface area (Å²) in [5.41, 5.74) is 8.01. The van der Waals surface area contributed by atoms with Gasteiger partial charge in [0, 0.05) is 17.3 Å². The van der Waals surface area contributed by atoms with Crippen molar-refractivity contribution in [1.82, 2.24) is 0 Å². The predicted octanol–water partition coefficient (Wildman–Crippen LogP) is 2.06. The number of carbonyl (C=O) groups excluding carboxylic acids is 1. The number of nitrogens with one attached hydrogen (secondary N) is 1. The second-order valence-corrected chi connectivity index (χ2v) is 4.17. The van der Waals surface area contributed by atoms with Crippen LogP contribution in [0.4, 0.5) is 5.69 Å². The van der Waals surface area contributed by atoms with E-state index in [9.17, 15) is 4.79 Å². The molecule has 1 aliphatic rings. The van der Waals surface area contributed by atoms with Crippen LogP contribution in [0.15, 0.2) is 18.2 Å². The van der Waals surface area contributed by atoms with Gasteiger partial charge in [-0.1, -0.05) is 6.07 Å². The first-order chi connectivity index (χ1) is 7.16. The van der Waals surface area contributed by atoms with E-state index in [1.165, 1.54) is 19.3 Å². The molecule has 3 nitrogen and oxygen atoms in total. The van der Waals surface area contributed by atoms with Crippen LogP contribution in [0.5, 0.6) is 0 Å². The predicted molar refractivity (Wildman–Crippen MR) is 61.0 cm³/mol. The summed E-state index contributed by atoms with van der Waals surface area (Å²) in [6.07, 6.45) is 3.74. The van der Waals surface area contributed by atoms with Gasteiger partial charge in [0.1, 0.15) is 0 Å². The lowest BCUT2D eigenvalue weighted by Gasteiger charge is -2.28. The molecule has 3 heteroatoms. The highest BCUT2D eigenvalue weighted by atomic mass is 16.1. The Hall–Kier alpha value is -1.51. The summed E-state index contributed by atoms with van der Waals surface area (Å²) >= 11 is 0. The molecule has 0 aromatic heterocycles. The van der Waals surface area contributed by atoms with Crippen LogP contribution in [0, 0.1) is 6.92 Å². The van der Waals surface area contributed by atoms with Crippen molar-refractivity contribution >= 4 is 11.6 Å². The molecule has 1 aromatic rings. The highest BCUT2D eigenvalue weighted by Gasteiger charge is 2.17. The van der Waals surface area contributed by atoms with Crippen LogP contribution >= 0.6 is 0 Å². The fourth-order valence-electron chi connectivity index (χ4n) is 1.70. The summed E-state index contributed by atoms with van der Waals surface area (Å²) in [7, 11) is 0. The van der Waals surface area contributed by atoms with Crippen molar-refractivity contribution in [3.05, 3.63) is 29.3 Å². The van der Waals surface area contributed by atoms with E-state index in [2.05, 4.69) is 5.32 Å². The molecule has 1 aromatic carbocycles. The van der Waals surface area contributed by atoms with Crippen LogP contribution in [-0.2, 0) is 0 Å². The van der Waals surface area contributed by atoms with Crippen LogP contribution < -0.4 is 11.1 Å². The highest BCUT2D eigenvalue weighted by Crippen LogP contribution is 2.25. The van der Waals surface area contributed by atoms with E-state index < -0.39 is 0 Å². The quantitative estimate of drug-likeness (QED) is 0.791. The van der Waals surface area contributed by atoms with E-state index in [0.717, 1.165) is 11.3 Å². The molecule has 3 N–H and O–H groups in total. The minimum Gasteiger partial charge on any atom is -0.382 e. The molecular formula is C12H16N2O. The highest BCUT2D eigenvalue weighted by molar-refractivity contribution is 5.94. The molecule has 0 spiro atoms. The molecule has 1 fully saturated rings. The number of nitrogens with two attached hydrogens (primary N) is 1. The maximum absolute atomic E-state index is 11.0. The Morgan fingerprint density at radius 2 is 2.20 bits per heavy atom. The summed E-state index contributed by atoms with van der Waals surface area (Å²) in [5.74, 6) is -0.369. The smallest absolute Gasteiger partial charge is 0.248 e. The fraction of sp³-hybridized carbons (Fsp3) is 0.417. The van der Waals surface area contributed by atoms with Crippen molar-refractivity contribution in [3.63, 3.8) is 0 Å². The monoisotopic (exact) mass is 204 g/mol. The lowest BCUT2D eigenvalue weighted by Crippen LogP contribution is -2.27. The second kappa shape index (κ2) is 3.93. The molecule has 80 valence electrons. The minimum absolute atomic E-state index is 0.369. The summed E-state index contributed by atoms with van der Waals surface area (Å²) in [6, 6.07) is 6.12. The van der Waals surface area contributed by atoms with E-state index in [0.29, 0.717) is 11.6 Å². The number of benzene rings is 1. The van der Waals surface area contributed by atoms with Crippen molar-refractivity contribution in [2.75, 3.05) is 5.32 Å². The third kappa shape index (κ3) is 2.12. The van der Waals surface area contributed by atoms with Crippen LogP contribution in [-0.4, -0.2) is 11.9 Å². The summed E-state index contributed by atoms with van der Waals surface area (Å²) < 4.78 is 0. The van der Waals surface area contributed by atoms with E-state index >= 15 is 0 Å². The number of rotatable bonds is 3. The van der Waals surface area contributed by atoms with Gasteiger partial charge >= 0.3 is 0 Å². The minimum atomic E-state index is -0.369. The molecule has 0 aliphatic heterocycles. The van der Waals surface area contributed by atoms with Gasteiger partial charge in [0.05, 0.1) is 0 Å². The third-order valence-electron chi connectivity index (χ3n) is 2.99. The van der Waals surface area contributed by atoms with Crippen LogP contribution in [0.3, 0.4) is 0 Å². The zero-order valence-corrected chi connectivity index (χ0v) is 8.92. The number of hydrogen-bond acceptors (Lipinski definition) is 2. The topological polar surface area (TPSA) is 55.1 Å². The zero-order valence-electron chi connectivity index (χ0n) is 8.92. The average Bonchev–Trinajstić information content (AvgIpc) is 2.13. The Morgan fingerprint density at radius 1 is 1.47 bits per heavy atom. The molecule has 1 amide bonds. The van der Waals surface area contributed by atoms with Gasteiger partial charge in [-0.15, -0.1) is 0 Å². The molecular weight excluding hydrogens is 188 g/mol. The van der Waals surface area contributed by atoms with E-state index in [-0.39, 0.29) is 5.91 Å². The maximum Gasteiger partial charge on any atom is 0.248 e. The van der Waals surface area contributed by atoms with Gasteiger partial charge in [0.15, 0.2) is 0 Å². The summed E-state index contributed by atoms with van der Waals surface area (Å²) in [6.45, 7) is 2.03. The maximum atomic E-state index is 11.0.